The van der Waals surface area contributed by atoms with E-state index in [0.29, 0.717) is 31.5 Å². The molecule has 2 aromatic rings. The fourth-order valence-corrected chi connectivity index (χ4v) is 3.33. The van der Waals surface area contributed by atoms with Crippen LogP contribution in [0.4, 0.5) is 0 Å². The Labute approximate surface area is 145 Å². The molecule has 1 aliphatic heterocycles. The minimum Gasteiger partial charge on any atom is -0.469 e. The van der Waals surface area contributed by atoms with Crippen molar-refractivity contribution in [1.82, 2.24) is 9.47 Å². The Morgan fingerprint density at radius 1 is 1.24 bits per heavy atom. The van der Waals surface area contributed by atoms with Gasteiger partial charge in [-0.3, -0.25) is 14.2 Å². The third kappa shape index (κ3) is 3.60. The average Bonchev–Trinajstić information content (AvgIpc) is 2.94. The zero-order valence-electron chi connectivity index (χ0n) is 14.5. The third-order valence-electron chi connectivity index (χ3n) is 4.72. The number of piperidine rings is 1. The van der Waals surface area contributed by atoms with Gasteiger partial charge in [-0.05, 0) is 37.5 Å². The number of hydrogen-bond donors (Lipinski definition) is 0. The minimum atomic E-state index is -0.380. The number of oxazole rings is 1. The number of amides is 1. The summed E-state index contributed by atoms with van der Waals surface area (Å²) in [6, 6.07) is 5.74. The van der Waals surface area contributed by atoms with Gasteiger partial charge in [0.05, 0.1) is 19.0 Å². The zero-order valence-corrected chi connectivity index (χ0v) is 14.5. The molecule has 1 fully saturated rings. The minimum absolute atomic E-state index is 0.0149. The van der Waals surface area contributed by atoms with Gasteiger partial charge in [-0.2, -0.15) is 0 Å². The van der Waals surface area contributed by atoms with Crippen LogP contribution in [0.2, 0.25) is 0 Å². The lowest BCUT2D eigenvalue weighted by Gasteiger charge is -2.32. The van der Waals surface area contributed by atoms with Crippen LogP contribution in [0.15, 0.2) is 27.4 Å². The number of rotatable bonds is 4. The number of methoxy groups -OCH3 is 1. The Balaban J connectivity index is 1.67. The highest BCUT2D eigenvalue weighted by atomic mass is 16.5. The highest BCUT2D eigenvalue weighted by Crippen LogP contribution is 2.26. The first-order chi connectivity index (χ1) is 12.0. The first-order valence-corrected chi connectivity index (χ1v) is 8.46. The molecule has 0 spiro atoms. The van der Waals surface area contributed by atoms with Crippen molar-refractivity contribution in [3.63, 3.8) is 0 Å². The SMILES string of the molecule is COC(=O)CCC(=O)N1CCC(n2c(=O)oc3cc(C)ccc32)CC1. The van der Waals surface area contributed by atoms with E-state index in [1.54, 1.807) is 9.47 Å². The zero-order chi connectivity index (χ0) is 18.0. The van der Waals surface area contributed by atoms with E-state index in [1.807, 2.05) is 25.1 Å². The predicted octanol–water partition coefficient (Wildman–Crippen LogP) is 2.02. The van der Waals surface area contributed by atoms with Gasteiger partial charge in [0.2, 0.25) is 5.91 Å². The van der Waals surface area contributed by atoms with Gasteiger partial charge in [0.15, 0.2) is 5.58 Å². The summed E-state index contributed by atoms with van der Waals surface area (Å²) in [5.74, 6) is -0.783. The second kappa shape index (κ2) is 7.13. The Hall–Kier alpha value is -2.57. The molecule has 1 amide bonds. The van der Waals surface area contributed by atoms with E-state index in [2.05, 4.69) is 4.74 Å². The lowest BCUT2D eigenvalue weighted by molar-refractivity contribution is -0.143. The maximum absolute atomic E-state index is 12.2. The van der Waals surface area contributed by atoms with Crippen molar-refractivity contribution in [2.45, 2.75) is 38.6 Å². The molecule has 25 heavy (non-hydrogen) atoms. The van der Waals surface area contributed by atoms with Crippen LogP contribution < -0.4 is 5.76 Å². The molecule has 0 N–H and O–H groups in total. The number of aryl methyl sites for hydroxylation is 1. The van der Waals surface area contributed by atoms with Gasteiger partial charge in [0, 0.05) is 25.6 Å². The Morgan fingerprint density at radius 3 is 2.64 bits per heavy atom. The molecule has 0 saturated carbocycles. The van der Waals surface area contributed by atoms with E-state index in [-0.39, 0.29) is 36.5 Å². The highest BCUT2D eigenvalue weighted by molar-refractivity contribution is 5.81. The number of aromatic nitrogens is 1. The molecule has 134 valence electrons. The van der Waals surface area contributed by atoms with Crippen LogP contribution in [0.3, 0.4) is 0 Å². The van der Waals surface area contributed by atoms with Crippen molar-refractivity contribution in [2.24, 2.45) is 0 Å². The summed E-state index contributed by atoms with van der Waals surface area (Å²) < 4.78 is 11.6. The number of carbonyl (C=O) groups is 2. The number of carbonyl (C=O) groups excluding carboxylic acids is 2. The summed E-state index contributed by atoms with van der Waals surface area (Å²) in [7, 11) is 1.31. The third-order valence-corrected chi connectivity index (χ3v) is 4.72. The Kier molecular flexibility index (Phi) is 4.92. The number of likely N-dealkylation sites (tertiary alicyclic amines) is 1. The number of fused-ring (bicyclic) bond motifs is 1. The van der Waals surface area contributed by atoms with Crippen molar-refractivity contribution in [3.8, 4) is 0 Å². The van der Waals surface area contributed by atoms with Crippen molar-refractivity contribution >= 4 is 23.0 Å². The van der Waals surface area contributed by atoms with Crippen LogP contribution in [0.25, 0.3) is 11.1 Å². The van der Waals surface area contributed by atoms with Gasteiger partial charge in [0.1, 0.15) is 0 Å². The normalized spacial score (nSPS) is 15.5. The molecule has 0 bridgehead atoms. The van der Waals surface area contributed by atoms with Crippen molar-refractivity contribution in [2.75, 3.05) is 20.2 Å². The first kappa shape index (κ1) is 17.3. The van der Waals surface area contributed by atoms with Crippen molar-refractivity contribution < 1.29 is 18.7 Å². The quantitative estimate of drug-likeness (QED) is 0.791. The van der Waals surface area contributed by atoms with E-state index in [9.17, 15) is 14.4 Å². The van der Waals surface area contributed by atoms with Crippen LogP contribution in [-0.2, 0) is 14.3 Å². The Morgan fingerprint density at radius 2 is 1.96 bits per heavy atom. The van der Waals surface area contributed by atoms with Crippen LogP contribution in [-0.4, -0.2) is 41.5 Å². The molecule has 1 saturated heterocycles. The second-order valence-electron chi connectivity index (χ2n) is 6.40. The van der Waals surface area contributed by atoms with Gasteiger partial charge in [-0.15, -0.1) is 0 Å². The summed E-state index contributed by atoms with van der Waals surface area (Å²) in [4.78, 5) is 37.3. The molecule has 7 heteroatoms. The summed E-state index contributed by atoms with van der Waals surface area (Å²) >= 11 is 0. The molecule has 1 aromatic carbocycles. The van der Waals surface area contributed by atoms with Crippen molar-refractivity contribution in [3.05, 3.63) is 34.3 Å². The molecular weight excluding hydrogens is 324 g/mol. The fraction of sp³-hybridized carbons (Fsp3) is 0.500. The van der Waals surface area contributed by atoms with Gasteiger partial charge in [-0.25, -0.2) is 4.79 Å². The summed E-state index contributed by atoms with van der Waals surface area (Å²) in [5, 5.41) is 0. The Bertz CT molecular complexity index is 843. The standard InChI is InChI=1S/C18H22N2O5/c1-12-3-4-14-15(11-12)25-18(23)20(14)13-7-9-19(10-8-13)16(21)5-6-17(22)24-2/h3-4,11,13H,5-10H2,1-2H3. The van der Waals surface area contributed by atoms with Gasteiger partial charge < -0.3 is 14.1 Å². The van der Waals surface area contributed by atoms with Crippen molar-refractivity contribution in [1.29, 1.82) is 0 Å². The molecule has 3 rings (SSSR count). The monoisotopic (exact) mass is 346 g/mol. The van der Waals surface area contributed by atoms with E-state index >= 15 is 0 Å². The molecule has 7 nitrogen and oxygen atoms in total. The molecular formula is C18H22N2O5. The van der Waals surface area contributed by atoms with Crippen LogP contribution in [0, 0.1) is 6.92 Å². The fourth-order valence-electron chi connectivity index (χ4n) is 3.33. The van der Waals surface area contributed by atoms with E-state index < -0.39 is 0 Å². The molecule has 0 unspecified atom stereocenters. The van der Waals surface area contributed by atoms with E-state index in [0.717, 1.165) is 11.1 Å². The van der Waals surface area contributed by atoms with Crippen LogP contribution >= 0.6 is 0 Å². The lowest BCUT2D eigenvalue weighted by Crippen LogP contribution is -2.40. The summed E-state index contributed by atoms with van der Waals surface area (Å²) in [6.45, 7) is 3.08. The summed E-state index contributed by atoms with van der Waals surface area (Å²) in [5.41, 5.74) is 2.44. The van der Waals surface area contributed by atoms with E-state index in [1.165, 1.54) is 7.11 Å². The topological polar surface area (TPSA) is 81.8 Å². The van der Waals surface area contributed by atoms with Gasteiger partial charge in [0.25, 0.3) is 0 Å². The maximum Gasteiger partial charge on any atom is 0.420 e. The van der Waals surface area contributed by atoms with E-state index in [4.69, 9.17) is 4.42 Å². The van der Waals surface area contributed by atoms with Gasteiger partial charge in [-0.1, -0.05) is 6.07 Å². The lowest BCUT2D eigenvalue weighted by atomic mass is 10.0. The summed E-state index contributed by atoms with van der Waals surface area (Å²) in [6.07, 6.45) is 1.63. The number of ether oxygens (including phenoxy) is 1. The number of hydrogen-bond acceptors (Lipinski definition) is 5. The smallest absolute Gasteiger partial charge is 0.420 e. The second-order valence-corrected chi connectivity index (χ2v) is 6.40. The number of esters is 1. The van der Waals surface area contributed by atoms with Gasteiger partial charge >= 0.3 is 11.7 Å². The first-order valence-electron chi connectivity index (χ1n) is 8.46. The molecule has 0 atom stereocenters. The highest BCUT2D eigenvalue weighted by Gasteiger charge is 2.26. The maximum atomic E-state index is 12.2. The number of benzene rings is 1. The molecule has 0 aliphatic carbocycles. The molecule has 1 aromatic heterocycles. The van der Waals surface area contributed by atoms with Crippen LogP contribution in [0.1, 0.15) is 37.3 Å². The molecule has 0 radical (unpaired) electrons. The predicted molar refractivity (Wildman–Crippen MR) is 91.3 cm³/mol. The molecule has 2 heterocycles. The largest absolute Gasteiger partial charge is 0.469 e. The number of nitrogens with zero attached hydrogens (tertiary/aromatic N) is 2. The van der Waals surface area contributed by atoms with Crippen LogP contribution in [0.5, 0.6) is 0 Å². The molecule has 1 aliphatic rings. The average molecular weight is 346 g/mol.